The Morgan fingerprint density at radius 2 is 2.16 bits per heavy atom. The lowest BCUT2D eigenvalue weighted by Gasteiger charge is -2.35. The lowest BCUT2D eigenvalue weighted by atomic mass is 9.72. The van der Waals surface area contributed by atoms with Gasteiger partial charge in [0.2, 0.25) is 0 Å². The van der Waals surface area contributed by atoms with Gasteiger partial charge in [-0.1, -0.05) is 32.0 Å². The Morgan fingerprint density at radius 1 is 1.32 bits per heavy atom. The van der Waals surface area contributed by atoms with Crippen LogP contribution in [0.1, 0.15) is 43.9 Å². The second-order valence-corrected chi connectivity index (χ2v) is 6.15. The lowest BCUT2D eigenvalue weighted by molar-refractivity contribution is 0.215. The summed E-state index contributed by atoms with van der Waals surface area (Å²) in [5, 5.41) is 4.80. The van der Waals surface area contributed by atoms with Gasteiger partial charge in [0.25, 0.3) is 0 Å². The van der Waals surface area contributed by atoms with Crippen LogP contribution >= 0.6 is 0 Å². The standard InChI is InChI=1S/C17H23NO/c1-11(2)18-10-14-7-8-15(14)16-9-13-6-4-5-12(3)17(13)19-16/h4-6,9,11,14-15,18H,7-8,10H2,1-3H3. The van der Waals surface area contributed by atoms with Crippen molar-refractivity contribution < 1.29 is 4.42 Å². The molecule has 1 saturated carbocycles. The van der Waals surface area contributed by atoms with Crippen molar-refractivity contribution in [3.63, 3.8) is 0 Å². The number of rotatable bonds is 4. The molecule has 1 N–H and O–H groups in total. The highest BCUT2D eigenvalue weighted by Gasteiger charge is 2.34. The Kier molecular flexibility index (Phi) is 3.36. The molecular weight excluding hydrogens is 234 g/mol. The van der Waals surface area contributed by atoms with Crippen LogP contribution in [0.3, 0.4) is 0 Å². The van der Waals surface area contributed by atoms with E-state index < -0.39 is 0 Å². The second-order valence-electron chi connectivity index (χ2n) is 6.15. The van der Waals surface area contributed by atoms with Gasteiger partial charge >= 0.3 is 0 Å². The number of hydrogen-bond acceptors (Lipinski definition) is 2. The highest BCUT2D eigenvalue weighted by atomic mass is 16.3. The minimum atomic E-state index is 0.569. The minimum Gasteiger partial charge on any atom is -0.460 e. The molecule has 3 rings (SSSR count). The molecule has 0 radical (unpaired) electrons. The van der Waals surface area contributed by atoms with Crippen LogP contribution in [0.5, 0.6) is 0 Å². The van der Waals surface area contributed by atoms with Gasteiger partial charge in [0, 0.05) is 17.3 Å². The molecular formula is C17H23NO. The first kappa shape index (κ1) is 12.7. The SMILES string of the molecule is Cc1cccc2cc(C3CCC3CNC(C)C)oc12. The van der Waals surface area contributed by atoms with E-state index in [-0.39, 0.29) is 0 Å². The van der Waals surface area contributed by atoms with Crippen LogP contribution in [0, 0.1) is 12.8 Å². The van der Waals surface area contributed by atoms with Gasteiger partial charge in [-0.15, -0.1) is 0 Å². The number of hydrogen-bond donors (Lipinski definition) is 1. The highest BCUT2D eigenvalue weighted by molar-refractivity contribution is 5.81. The summed E-state index contributed by atoms with van der Waals surface area (Å²) in [6.07, 6.45) is 2.59. The molecule has 1 aromatic carbocycles. The van der Waals surface area contributed by atoms with E-state index >= 15 is 0 Å². The van der Waals surface area contributed by atoms with Gasteiger partial charge in [-0.3, -0.25) is 0 Å². The van der Waals surface area contributed by atoms with Crippen LogP contribution in [-0.2, 0) is 0 Å². The van der Waals surface area contributed by atoms with Gasteiger partial charge in [0.05, 0.1) is 0 Å². The lowest BCUT2D eigenvalue weighted by Crippen LogP contribution is -2.36. The maximum absolute atomic E-state index is 6.11. The number of benzene rings is 1. The van der Waals surface area contributed by atoms with Gasteiger partial charge in [0.15, 0.2) is 0 Å². The third-order valence-electron chi connectivity index (χ3n) is 4.33. The van der Waals surface area contributed by atoms with Gasteiger partial charge in [-0.2, -0.15) is 0 Å². The second kappa shape index (κ2) is 5.01. The van der Waals surface area contributed by atoms with Crippen molar-refractivity contribution in [2.24, 2.45) is 5.92 Å². The first-order chi connectivity index (χ1) is 9.15. The zero-order valence-corrected chi connectivity index (χ0v) is 12.1. The molecule has 102 valence electrons. The summed E-state index contributed by atoms with van der Waals surface area (Å²) in [5.41, 5.74) is 2.31. The summed E-state index contributed by atoms with van der Waals surface area (Å²) >= 11 is 0. The Bertz CT molecular complexity index is 570. The van der Waals surface area contributed by atoms with E-state index in [1.807, 2.05) is 0 Å². The van der Waals surface area contributed by atoms with Crippen LogP contribution in [0.25, 0.3) is 11.0 Å². The summed E-state index contributed by atoms with van der Waals surface area (Å²) in [5.74, 6) is 2.53. The van der Waals surface area contributed by atoms with Crippen LogP contribution in [0.4, 0.5) is 0 Å². The quantitative estimate of drug-likeness (QED) is 0.886. The topological polar surface area (TPSA) is 25.2 Å². The van der Waals surface area contributed by atoms with Crippen molar-refractivity contribution in [2.45, 2.75) is 45.6 Å². The Labute approximate surface area is 115 Å². The molecule has 2 atom stereocenters. The summed E-state index contributed by atoms with van der Waals surface area (Å²) < 4.78 is 6.11. The van der Waals surface area contributed by atoms with Crippen molar-refractivity contribution in [3.05, 3.63) is 35.6 Å². The van der Waals surface area contributed by atoms with E-state index in [1.165, 1.54) is 29.6 Å². The van der Waals surface area contributed by atoms with Crippen LogP contribution < -0.4 is 5.32 Å². The fraction of sp³-hybridized carbons (Fsp3) is 0.529. The summed E-state index contributed by atoms with van der Waals surface area (Å²) in [6, 6.07) is 9.19. The molecule has 0 aliphatic heterocycles. The molecule has 1 aliphatic rings. The zero-order valence-electron chi connectivity index (χ0n) is 12.1. The summed E-state index contributed by atoms with van der Waals surface area (Å²) in [7, 11) is 0. The fourth-order valence-electron chi connectivity index (χ4n) is 2.99. The molecule has 19 heavy (non-hydrogen) atoms. The van der Waals surface area contributed by atoms with E-state index in [0.717, 1.165) is 18.0 Å². The van der Waals surface area contributed by atoms with E-state index in [1.54, 1.807) is 0 Å². The highest BCUT2D eigenvalue weighted by Crippen LogP contribution is 2.44. The first-order valence-electron chi connectivity index (χ1n) is 7.37. The van der Waals surface area contributed by atoms with Crippen molar-refractivity contribution in [1.82, 2.24) is 5.32 Å². The van der Waals surface area contributed by atoms with E-state index in [2.05, 4.69) is 50.4 Å². The number of furan rings is 1. The molecule has 0 amide bonds. The third-order valence-corrected chi connectivity index (χ3v) is 4.33. The van der Waals surface area contributed by atoms with Gasteiger partial charge in [0.1, 0.15) is 11.3 Å². The van der Waals surface area contributed by atoms with Crippen LogP contribution in [0.2, 0.25) is 0 Å². The molecule has 0 spiro atoms. The molecule has 0 bridgehead atoms. The zero-order chi connectivity index (χ0) is 13.4. The number of nitrogens with one attached hydrogen (secondary N) is 1. The third kappa shape index (κ3) is 2.42. The largest absolute Gasteiger partial charge is 0.460 e. The Balaban J connectivity index is 1.79. The molecule has 2 unspecified atom stereocenters. The van der Waals surface area contributed by atoms with Crippen molar-refractivity contribution >= 4 is 11.0 Å². The van der Waals surface area contributed by atoms with Crippen molar-refractivity contribution in [2.75, 3.05) is 6.54 Å². The molecule has 1 aromatic heterocycles. The fourth-order valence-corrected chi connectivity index (χ4v) is 2.99. The minimum absolute atomic E-state index is 0.569. The van der Waals surface area contributed by atoms with Crippen LogP contribution in [-0.4, -0.2) is 12.6 Å². The molecule has 2 aromatic rings. The number of fused-ring (bicyclic) bond motifs is 1. The Morgan fingerprint density at radius 3 is 2.79 bits per heavy atom. The molecule has 0 saturated heterocycles. The summed E-state index contributed by atoms with van der Waals surface area (Å²) in [4.78, 5) is 0. The average Bonchev–Trinajstić information content (AvgIpc) is 2.72. The molecule has 2 nitrogen and oxygen atoms in total. The van der Waals surface area contributed by atoms with E-state index in [0.29, 0.717) is 12.0 Å². The van der Waals surface area contributed by atoms with Crippen molar-refractivity contribution in [1.29, 1.82) is 0 Å². The number of aryl methyl sites for hydroxylation is 1. The molecule has 1 heterocycles. The smallest absolute Gasteiger partial charge is 0.137 e. The van der Waals surface area contributed by atoms with Crippen LogP contribution in [0.15, 0.2) is 28.7 Å². The first-order valence-corrected chi connectivity index (χ1v) is 7.37. The van der Waals surface area contributed by atoms with E-state index in [9.17, 15) is 0 Å². The van der Waals surface area contributed by atoms with E-state index in [4.69, 9.17) is 4.42 Å². The molecule has 1 fully saturated rings. The molecule has 1 aliphatic carbocycles. The average molecular weight is 257 g/mol. The molecule has 2 heteroatoms. The number of para-hydroxylation sites is 1. The predicted octanol–water partition coefficient (Wildman–Crippen LogP) is 4.23. The predicted molar refractivity (Wildman–Crippen MR) is 79.6 cm³/mol. The summed E-state index contributed by atoms with van der Waals surface area (Å²) in [6.45, 7) is 7.64. The van der Waals surface area contributed by atoms with Crippen molar-refractivity contribution in [3.8, 4) is 0 Å². The Hall–Kier alpha value is -1.28. The normalized spacial score (nSPS) is 22.9. The van der Waals surface area contributed by atoms with Gasteiger partial charge < -0.3 is 9.73 Å². The monoisotopic (exact) mass is 257 g/mol. The maximum Gasteiger partial charge on any atom is 0.137 e. The van der Waals surface area contributed by atoms with Gasteiger partial charge in [-0.25, -0.2) is 0 Å². The van der Waals surface area contributed by atoms with Gasteiger partial charge in [-0.05, 0) is 43.9 Å². The maximum atomic E-state index is 6.11.